The molecule has 0 unspecified atom stereocenters. The van der Waals surface area contributed by atoms with Gasteiger partial charge in [0.15, 0.2) is 0 Å². The van der Waals surface area contributed by atoms with Crippen molar-refractivity contribution < 1.29 is 22.4 Å². The summed E-state index contributed by atoms with van der Waals surface area (Å²) in [6.07, 6.45) is -4.45. The monoisotopic (exact) mass is 296 g/mol. The van der Waals surface area contributed by atoms with Gasteiger partial charge in [0.2, 0.25) is 0 Å². The number of benzene rings is 2. The predicted octanol–water partition coefficient (Wildman–Crippen LogP) is 4.64. The number of halogens is 4. The molecule has 0 spiro atoms. The summed E-state index contributed by atoms with van der Waals surface area (Å²) in [4.78, 5) is 11.0. The van der Waals surface area contributed by atoms with E-state index < -0.39 is 17.6 Å². The van der Waals surface area contributed by atoms with E-state index in [4.69, 9.17) is 0 Å². The fraction of sp³-hybridized carbons (Fsp3) is 0.188. The average molecular weight is 296 g/mol. The normalized spacial score (nSPS) is 11.5. The minimum atomic E-state index is -4.73. The lowest BCUT2D eigenvalue weighted by molar-refractivity contribution is -0.140. The molecular weight excluding hydrogens is 284 g/mol. The van der Waals surface area contributed by atoms with Crippen LogP contribution in [0, 0.1) is 5.82 Å². The van der Waals surface area contributed by atoms with Crippen LogP contribution in [0.2, 0.25) is 0 Å². The molecule has 0 aliphatic heterocycles. The molecule has 2 aromatic rings. The van der Waals surface area contributed by atoms with Gasteiger partial charge in [0, 0.05) is 6.42 Å². The first-order chi connectivity index (χ1) is 9.77. The molecule has 0 fully saturated rings. The number of hydrogen-bond acceptors (Lipinski definition) is 1. The second-order valence-corrected chi connectivity index (χ2v) is 4.77. The topological polar surface area (TPSA) is 17.1 Å². The van der Waals surface area contributed by atoms with Gasteiger partial charge in [0.25, 0.3) is 0 Å². The van der Waals surface area contributed by atoms with E-state index in [1.807, 2.05) is 0 Å². The van der Waals surface area contributed by atoms with Crippen LogP contribution < -0.4 is 0 Å². The molecule has 0 heterocycles. The molecule has 0 radical (unpaired) electrons. The van der Waals surface area contributed by atoms with Crippen molar-refractivity contribution in [1.29, 1.82) is 0 Å². The van der Waals surface area contributed by atoms with Crippen LogP contribution in [0.4, 0.5) is 17.6 Å². The fourth-order valence-corrected chi connectivity index (χ4v) is 2.02. The third-order valence-corrected chi connectivity index (χ3v) is 3.01. The highest BCUT2D eigenvalue weighted by Gasteiger charge is 2.34. The molecule has 0 aliphatic carbocycles. The average Bonchev–Trinajstić information content (AvgIpc) is 2.38. The van der Waals surface area contributed by atoms with Crippen molar-refractivity contribution in [2.24, 2.45) is 0 Å². The van der Waals surface area contributed by atoms with Gasteiger partial charge in [0.1, 0.15) is 11.6 Å². The maximum absolute atomic E-state index is 13.2. The molecule has 0 atom stereocenters. The van der Waals surface area contributed by atoms with Crippen LogP contribution in [-0.2, 0) is 17.4 Å². The van der Waals surface area contributed by atoms with Gasteiger partial charge in [-0.15, -0.1) is 0 Å². The Hall–Kier alpha value is -2.17. The Morgan fingerprint density at radius 2 is 1.57 bits per heavy atom. The lowest BCUT2D eigenvalue weighted by atomic mass is 10.00. The standard InChI is InChI=1S/C16H12F4O/c1-10(21)8-11-2-4-12(5-3-11)13-6-7-15(17)14(9-13)16(18,19)20/h2-7,9H,8H2,1H3. The number of carbonyl (C=O) groups is 1. The molecule has 0 bridgehead atoms. The van der Waals surface area contributed by atoms with Gasteiger partial charge in [0.05, 0.1) is 5.56 Å². The third-order valence-electron chi connectivity index (χ3n) is 3.01. The van der Waals surface area contributed by atoms with Crippen LogP contribution >= 0.6 is 0 Å². The predicted molar refractivity (Wildman–Crippen MR) is 71.2 cm³/mol. The first-order valence-corrected chi connectivity index (χ1v) is 6.23. The highest BCUT2D eigenvalue weighted by Crippen LogP contribution is 2.34. The van der Waals surface area contributed by atoms with Gasteiger partial charge in [-0.05, 0) is 35.7 Å². The molecule has 2 aromatic carbocycles. The molecule has 110 valence electrons. The maximum Gasteiger partial charge on any atom is 0.419 e. The highest BCUT2D eigenvalue weighted by atomic mass is 19.4. The molecule has 5 heteroatoms. The van der Waals surface area contributed by atoms with Gasteiger partial charge in [-0.2, -0.15) is 13.2 Å². The maximum atomic E-state index is 13.2. The Bertz CT molecular complexity index is 657. The lowest BCUT2D eigenvalue weighted by Crippen LogP contribution is -2.08. The van der Waals surface area contributed by atoms with E-state index in [0.717, 1.165) is 17.7 Å². The van der Waals surface area contributed by atoms with Crippen molar-refractivity contribution in [3.63, 3.8) is 0 Å². The fourth-order valence-electron chi connectivity index (χ4n) is 2.02. The molecular formula is C16H12F4O. The number of rotatable bonds is 3. The second kappa shape index (κ2) is 5.68. The van der Waals surface area contributed by atoms with Crippen LogP contribution in [0.15, 0.2) is 42.5 Å². The molecule has 0 aromatic heterocycles. The van der Waals surface area contributed by atoms with E-state index in [-0.39, 0.29) is 17.8 Å². The van der Waals surface area contributed by atoms with Gasteiger partial charge < -0.3 is 0 Å². The summed E-state index contributed by atoms with van der Waals surface area (Å²) in [5.41, 5.74) is 0.308. The minimum Gasteiger partial charge on any atom is -0.300 e. The lowest BCUT2D eigenvalue weighted by Gasteiger charge is -2.10. The van der Waals surface area contributed by atoms with Crippen molar-refractivity contribution in [3.8, 4) is 11.1 Å². The third kappa shape index (κ3) is 3.68. The molecule has 0 aliphatic rings. The Morgan fingerprint density at radius 1 is 1.00 bits per heavy atom. The minimum absolute atomic E-state index is 0.00360. The van der Waals surface area contributed by atoms with E-state index in [0.29, 0.717) is 5.56 Å². The van der Waals surface area contributed by atoms with Crippen molar-refractivity contribution in [2.45, 2.75) is 19.5 Å². The van der Waals surface area contributed by atoms with Crippen LogP contribution in [0.3, 0.4) is 0 Å². The summed E-state index contributed by atoms with van der Waals surface area (Å²) < 4.78 is 51.3. The smallest absolute Gasteiger partial charge is 0.300 e. The number of carbonyl (C=O) groups excluding carboxylic acids is 1. The summed E-state index contributed by atoms with van der Waals surface area (Å²) in [6.45, 7) is 1.46. The SMILES string of the molecule is CC(=O)Cc1ccc(-c2ccc(F)c(C(F)(F)F)c2)cc1. The van der Waals surface area contributed by atoms with Crippen LogP contribution in [-0.4, -0.2) is 5.78 Å². The molecule has 0 saturated carbocycles. The summed E-state index contributed by atoms with van der Waals surface area (Å²) in [7, 11) is 0. The van der Waals surface area contributed by atoms with Crippen LogP contribution in [0.5, 0.6) is 0 Å². The Balaban J connectivity index is 2.36. The first kappa shape index (κ1) is 15.2. The van der Waals surface area contributed by atoms with Crippen molar-refractivity contribution in [1.82, 2.24) is 0 Å². The molecule has 1 nitrogen and oxygen atoms in total. The van der Waals surface area contributed by atoms with E-state index in [1.54, 1.807) is 24.3 Å². The number of hydrogen-bond donors (Lipinski definition) is 0. The van der Waals surface area contributed by atoms with Crippen molar-refractivity contribution in [3.05, 3.63) is 59.4 Å². The second-order valence-electron chi connectivity index (χ2n) is 4.77. The van der Waals surface area contributed by atoms with Crippen LogP contribution in [0.25, 0.3) is 11.1 Å². The molecule has 0 amide bonds. The van der Waals surface area contributed by atoms with Crippen molar-refractivity contribution in [2.75, 3.05) is 0 Å². The highest BCUT2D eigenvalue weighted by molar-refractivity contribution is 5.78. The van der Waals surface area contributed by atoms with Gasteiger partial charge in [-0.25, -0.2) is 4.39 Å². The Morgan fingerprint density at radius 3 is 2.10 bits per heavy atom. The quantitative estimate of drug-likeness (QED) is 0.754. The summed E-state index contributed by atoms with van der Waals surface area (Å²) >= 11 is 0. The van der Waals surface area contributed by atoms with Gasteiger partial charge in [-0.3, -0.25) is 4.79 Å². The van der Waals surface area contributed by atoms with E-state index >= 15 is 0 Å². The Kier molecular flexibility index (Phi) is 4.11. The zero-order chi connectivity index (χ0) is 15.6. The first-order valence-electron chi connectivity index (χ1n) is 6.23. The summed E-state index contributed by atoms with van der Waals surface area (Å²) in [5.74, 6) is -1.29. The zero-order valence-electron chi connectivity index (χ0n) is 11.2. The summed E-state index contributed by atoms with van der Waals surface area (Å²) in [6, 6.07) is 9.47. The molecule has 0 saturated heterocycles. The summed E-state index contributed by atoms with van der Waals surface area (Å²) in [5, 5.41) is 0. The molecule has 2 rings (SSSR count). The molecule has 21 heavy (non-hydrogen) atoms. The van der Waals surface area contributed by atoms with E-state index in [9.17, 15) is 22.4 Å². The number of Topliss-reactive ketones (excluding diaryl/α,β-unsaturated/α-hetero) is 1. The van der Waals surface area contributed by atoms with Gasteiger partial charge >= 0.3 is 6.18 Å². The number of alkyl halides is 3. The molecule has 0 N–H and O–H groups in total. The number of ketones is 1. The van der Waals surface area contributed by atoms with E-state index in [2.05, 4.69) is 0 Å². The van der Waals surface area contributed by atoms with E-state index in [1.165, 1.54) is 13.0 Å². The van der Waals surface area contributed by atoms with Crippen LogP contribution in [0.1, 0.15) is 18.1 Å². The Labute approximate surface area is 119 Å². The largest absolute Gasteiger partial charge is 0.419 e. The van der Waals surface area contributed by atoms with Crippen molar-refractivity contribution >= 4 is 5.78 Å². The van der Waals surface area contributed by atoms with Gasteiger partial charge in [-0.1, -0.05) is 30.3 Å². The zero-order valence-corrected chi connectivity index (χ0v) is 11.2.